The number of nitrogens with one attached hydrogen (secondary N) is 2. The number of aromatic nitrogens is 2. The summed E-state index contributed by atoms with van der Waals surface area (Å²) in [6, 6.07) is 11.3. The van der Waals surface area contributed by atoms with Crippen molar-refractivity contribution in [2.24, 2.45) is 0 Å². The van der Waals surface area contributed by atoms with E-state index in [2.05, 4.69) is 27.2 Å². The summed E-state index contributed by atoms with van der Waals surface area (Å²) in [6.07, 6.45) is 6.65. The van der Waals surface area contributed by atoms with Gasteiger partial charge in [-0.1, -0.05) is 24.3 Å². The van der Waals surface area contributed by atoms with Crippen molar-refractivity contribution in [3.63, 3.8) is 0 Å². The monoisotopic (exact) mass is 304 g/mol. The molecule has 3 aromatic rings. The maximum atomic E-state index is 12.5. The third-order valence-corrected chi connectivity index (χ3v) is 3.33. The average molecular weight is 304 g/mol. The van der Waals surface area contributed by atoms with Gasteiger partial charge in [-0.05, 0) is 18.2 Å². The molecule has 5 nitrogen and oxygen atoms in total. The zero-order valence-electron chi connectivity index (χ0n) is 12.5. The lowest BCUT2D eigenvalue weighted by Crippen LogP contribution is -2.13. The van der Waals surface area contributed by atoms with Crippen molar-refractivity contribution >= 4 is 28.2 Å². The molecule has 5 heteroatoms. The van der Waals surface area contributed by atoms with Gasteiger partial charge < -0.3 is 10.6 Å². The summed E-state index contributed by atoms with van der Waals surface area (Å²) in [6.45, 7) is 4.26. The summed E-state index contributed by atoms with van der Waals surface area (Å²) in [4.78, 5) is 20.9. The van der Waals surface area contributed by atoms with Crippen LogP contribution in [0.5, 0.6) is 0 Å². The van der Waals surface area contributed by atoms with Crippen LogP contribution in [0.25, 0.3) is 10.9 Å². The molecule has 1 amide bonds. The predicted molar refractivity (Wildman–Crippen MR) is 92.6 cm³/mol. The number of nitrogens with zero attached hydrogens (tertiary/aromatic N) is 2. The molecule has 0 radical (unpaired) electrons. The molecule has 0 fully saturated rings. The Morgan fingerprint density at radius 1 is 1.22 bits per heavy atom. The summed E-state index contributed by atoms with van der Waals surface area (Å²) < 4.78 is 0. The van der Waals surface area contributed by atoms with Gasteiger partial charge in [0.1, 0.15) is 0 Å². The van der Waals surface area contributed by atoms with Crippen LogP contribution in [0, 0.1) is 0 Å². The maximum Gasteiger partial charge on any atom is 0.257 e. The smallest absolute Gasteiger partial charge is 0.257 e. The lowest BCUT2D eigenvalue weighted by atomic mass is 10.2. The van der Waals surface area contributed by atoms with Crippen LogP contribution in [0.3, 0.4) is 0 Å². The van der Waals surface area contributed by atoms with Gasteiger partial charge in [0.25, 0.3) is 5.91 Å². The van der Waals surface area contributed by atoms with E-state index in [0.29, 0.717) is 17.8 Å². The quantitative estimate of drug-likeness (QED) is 0.708. The highest BCUT2D eigenvalue weighted by Gasteiger charge is 2.10. The molecule has 2 heterocycles. The van der Waals surface area contributed by atoms with Gasteiger partial charge in [0, 0.05) is 30.5 Å². The van der Waals surface area contributed by atoms with Crippen molar-refractivity contribution in [3.8, 4) is 0 Å². The zero-order valence-corrected chi connectivity index (χ0v) is 12.5. The van der Waals surface area contributed by atoms with E-state index in [9.17, 15) is 4.79 Å². The first kappa shape index (κ1) is 14.7. The minimum Gasteiger partial charge on any atom is -0.380 e. The first-order valence-corrected chi connectivity index (χ1v) is 7.23. The Kier molecular flexibility index (Phi) is 4.29. The highest BCUT2D eigenvalue weighted by Crippen LogP contribution is 2.21. The van der Waals surface area contributed by atoms with Gasteiger partial charge in [-0.15, -0.1) is 6.58 Å². The molecule has 0 atom stereocenters. The fraction of sp³-hybridized carbons (Fsp3) is 0.0556. The average Bonchev–Trinajstić information content (AvgIpc) is 2.60. The molecule has 23 heavy (non-hydrogen) atoms. The lowest BCUT2D eigenvalue weighted by molar-refractivity contribution is 0.102. The summed E-state index contributed by atoms with van der Waals surface area (Å²) >= 11 is 0. The van der Waals surface area contributed by atoms with Crippen molar-refractivity contribution in [1.29, 1.82) is 0 Å². The molecular weight excluding hydrogens is 288 g/mol. The third kappa shape index (κ3) is 3.35. The summed E-state index contributed by atoms with van der Waals surface area (Å²) in [5.41, 5.74) is 2.69. The number of hydrogen-bond acceptors (Lipinski definition) is 4. The van der Waals surface area contributed by atoms with E-state index in [1.807, 2.05) is 30.3 Å². The van der Waals surface area contributed by atoms with Crippen molar-refractivity contribution in [2.75, 3.05) is 17.2 Å². The molecule has 114 valence electrons. The number of carbonyl (C=O) groups is 1. The number of fused-ring (bicyclic) bond motifs is 1. The number of anilines is 2. The highest BCUT2D eigenvalue weighted by atomic mass is 16.1. The van der Waals surface area contributed by atoms with Crippen LogP contribution in [0.1, 0.15) is 10.4 Å². The van der Waals surface area contributed by atoms with E-state index < -0.39 is 0 Å². The molecule has 0 aliphatic heterocycles. The molecular formula is C18H16N4O. The number of pyridine rings is 2. The first-order chi connectivity index (χ1) is 11.3. The Morgan fingerprint density at radius 3 is 2.96 bits per heavy atom. The zero-order chi connectivity index (χ0) is 16.1. The van der Waals surface area contributed by atoms with Gasteiger partial charge in [-0.3, -0.25) is 14.8 Å². The van der Waals surface area contributed by atoms with Gasteiger partial charge in [0.15, 0.2) is 0 Å². The van der Waals surface area contributed by atoms with E-state index >= 15 is 0 Å². The molecule has 1 aromatic carbocycles. The maximum absolute atomic E-state index is 12.5. The van der Waals surface area contributed by atoms with Crippen LogP contribution in [-0.4, -0.2) is 22.4 Å². The molecule has 0 bridgehead atoms. The fourth-order valence-electron chi connectivity index (χ4n) is 2.25. The Bertz CT molecular complexity index is 855. The van der Waals surface area contributed by atoms with Crippen LogP contribution in [0.2, 0.25) is 0 Å². The molecule has 0 saturated heterocycles. The minimum atomic E-state index is -0.224. The topological polar surface area (TPSA) is 66.9 Å². The van der Waals surface area contributed by atoms with Gasteiger partial charge >= 0.3 is 0 Å². The second-order valence-electron chi connectivity index (χ2n) is 4.97. The van der Waals surface area contributed by atoms with Gasteiger partial charge in [-0.25, -0.2) is 0 Å². The Labute approximate surface area is 134 Å². The Morgan fingerprint density at radius 2 is 2.09 bits per heavy atom. The van der Waals surface area contributed by atoms with Gasteiger partial charge in [-0.2, -0.15) is 0 Å². The van der Waals surface area contributed by atoms with Crippen LogP contribution in [-0.2, 0) is 0 Å². The number of amides is 1. The minimum absolute atomic E-state index is 0.224. The summed E-state index contributed by atoms with van der Waals surface area (Å²) in [5.74, 6) is -0.224. The van der Waals surface area contributed by atoms with E-state index in [1.165, 1.54) is 6.20 Å². The fourth-order valence-corrected chi connectivity index (χ4v) is 2.25. The molecule has 0 unspecified atom stereocenters. The standard InChI is InChI=1S/C18H16N4O/c1-2-8-20-15-10-14(11-19-12-15)18(23)22-16-7-3-5-13-6-4-9-21-17(13)16/h2-7,9-12,20H,1,8H2,(H,22,23). The van der Waals surface area contributed by atoms with E-state index in [-0.39, 0.29) is 5.91 Å². The molecule has 0 aliphatic rings. The predicted octanol–water partition coefficient (Wildman–Crippen LogP) is 3.48. The lowest BCUT2D eigenvalue weighted by Gasteiger charge is -2.09. The number of benzene rings is 1. The summed E-state index contributed by atoms with van der Waals surface area (Å²) in [5, 5.41) is 6.98. The SMILES string of the molecule is C=CCNc1cncc(C(=O)Nc2cccc3cccnc23)c1. The second kappa shape index (κ2) is 6.70. The van der Waals surface area contributed by atoms with E-state index in [4.69, 9.17) is 0 Å². The second-order valence-corrected chi connectivity index (χ2v) is 4.97. The van der Waals surface area contributed by atoms with Crippen molar-refractivity contribution in [2.45, 2.75) is 0 Å². The van der Waals surface area contributed by atoms with Gasteiger partial charge in [0.2, 0.25) is 0 Å². The van der Waals surface area contributed by atoms with E-state index in [1.54, 1.807) is 24.5 Å². The molecule has 3 rings (SSSR count). The Hall–Kier alpha value is -3.21. The van der Waals surface area contributed by atoms with Gasteiger partial charge in [0.05, 0.1) is 22.5 Å². The third-order valence-electron chi connectivity index (χ3n) is 3.33. The molecule has 2 aromatic heterocycles. The first-order valence-electron chi connectivity index (χ1n) is 7.23. The van der Waals surface area contributed by atoms with Crippen LogP contribution in [0.15, 0.2) is 67.6 Å². The van der Waals surface area contributed by atoms with Crippen LogP contribution < -0.4 is 10.6 Å². The van der Waals surface area contributed by atoms with E-state index in [0.717, 1.165) is 16.6 Å². The van der Waals surface area contributed by atoms with Crippen molar-refractivity contribution < 1.29 is 4.79 Å². The summed E-state index contributed by atoms with van der Waals surface area (Å²) in [7, 11) is 0. The normalized spacial score (nSPS) is 10.3. The van der Waals surface area contributed by atoms with Crippen molar-refractivity contribution in [1.82, 2.24) is 9.97 Å². The van der Waals surface area contributed by atoms with Crippen LogP contribution >= 0.6 is 0 Å². The number of carbonyl (C=O) groups excluding carboxylic acids is 1. The molecule has 0 spiro atoms. The number of hydrogen-bond donors (Lipinski definition) is 2. The largest absolute Gasteiger partial charge is 0.380 e. The van der Waals surface area contributed by atoms with Crippen LogP contribution in [0.4, 0.5) is 11.4 Å². The molecule has 0 aliphatic carbocycles. The highest BCUT2D eigenvalue weighted by molar-refractivity contribution is 6.08. The number of para-hydroxylation sites is 1. The van der Waals surface area contributed by atoms with Crippen molar-refractivity contribution in [3.05, 3.63) is 73.2 Å². The number of rotatable bonds is 5. The molecule has 0 saturated carbocycles. The molecule has 2 N–H and O–H groups in total. The Balaban J connectivity index is 1.85.